The van der Waals surface area contributed by atoms with Gasteiger partial charge < -0.3 is 10.4 Å². The van der Waals surface area contributed by atoms with E-state index in [2.05, 4.69) is 15.6 Å². The molecule has 2 aliphatic carbocycles. The number of carbonyl (C=O) groups is 2. The first-order chi connectivity index (χ1) is 12.0. The van der Waals surface area contributed by atoms with Crippen LogP contribution >= 0.6 is 11.3 Å². The molecule has 8 heteroatoms. The molecule has 0 aliphatic heterocycles. The number of fused-ring (bicyclic) bond motifs is 1. The summed E-state index contributed by atoms with van der Waals surface area (Å²) >= 11 is 1.59. The Balaban J connectivity index is 1.44. The molecule has 0 bridgehead atoms. The van der Waals surface area contributed by atoms with Crippen molar-refractivity contribution in [3.8, 4) is 0 Å². The number of hydrogen-bond acceptors (Lipinski definition) is 5. The number of likely N-dealkylation sites (N-methyl/N-ethyl adjacent to an activating group) is 1. The Labute approximate surface area is 151 Å². The van der Waals surface area contributed by atoms with Crippen LogP contribution in [0.1, 0.15) is 49.6 Å². The number of thiazole rings is 1. The Hall–Kier alpha value is -1.67. The smallest absolute Gasteiger partial charge is 0.321 e. The van der Waals surface area contributed by atoms with Gasteiger partial charge in [0.1, 0.15) is 0 Å². The lowest BCUT2D eigenvalue weighted by Gasteiger charge is -2.42. The van der Waals surface area contributed by atoms with E-state index in [1.165, 1.54) is 24.1 Å². The van der Waals surface area contributed by atoms with Crippen molar-refractivity contribution >= 4 is 28.5 Å². The summed E-state index contributed by atoms with van der Waals surface area (Å²) in [6, 6.07) is 0.126. The van der Waals surface area contributed by atoms with E-state index in [1.807, 2.05) is 11.8 Å². The number of nitrogens with one attached hydrogen (secondary N) is 2. The van der Waals surface area contributed by atoms with Gasteiger partial charge in [0.25, 0.3) is 0 Å². The average molecular weight is 366 g/mol. The molecule has 0 atom stereocenters. The second-order valence-electron chi connectivity index (χ2n) is 6.83. The average Bonchev–Trinajstić information content (AvgIpc) is 2.76. The monoisotopic (exact) mass is 366 g/mol. The van der Waals surface area contributed by atoms with E-state index in [0.717, 1.165) is 31.4 Å². The zero-order valence-corrected chi connectivity index (χ0v) is 15.4. The Morgan fingerprint density at radius 2 is 2.04 bits per heavy atom. The Bertz CT molecular complexity index is 604. The molecule has 2 aliphatic rings. The number of rotatable bonds is 6. The number of amides is 2. The summed E-state index contributed by atoms with van der Waals surface area (Å²) < 4.78 is 0. The molecular formula is C17H26N4O3S. The van der Waals surface area contributed by atoms with Gasteiger partial charge in [0.15, 0.2) is 5.13 Å². The molecule has 0 saturated heterocycles. The molecule has 1 fully saturated rings. The molecule has 2 amide bonds. The number of urea groups is 1. The van der Waals surface area contributed by atoms with Gasteiger partial charge in [-0.05, 0) is 45.1 Å². The van der Waals surface area contributed by atoms with Crippen molar-refractivity contribution in [3.63, 3.8) is 0 Å². The summed E-state index contributed by atoms with van der Waals surface area (Å²) in [5.41, 5.74) is 1.15. The standard InChI is InChI=1S/C17H26N4O3S/c1-2-21(10-15(22)23)12-8-11(9-12)18-16(24)20-17-19-13-6-4-3-5-7-14(13)25-17/h11-12H,2-10H2,1H3,(H,22,23)(H2,18,19,20,24). The minimum atomic E-state index is -0.806. The number of aromatic nitrogens is 1. The van der Waals surface area contributed by atoms with Crippen molar-refractivity contribution in [1.29, 1.82) is 0 Å². The molecule has 3 rings (SSSR count). The maximum absolute atomic E-state index is 12.2. The number of aryl methyl sites for hydroxylation is 2. The molecular weight excluding hydrogens is 340 g/mol. The highest BCUT2D eigenvalue weighted by Gasteiger charge is 2.34. The van der Waals surface area contributed by atoms with Crippen molar-refractivity contribution in [2.75, 3.05) is 18.4 Å². The Morgan fingerprint density at radius 3 is 2.76 bits per heavy atom. The number of anilines is 1. The number of carboxylic acids is 1. The Morgan fingerprint density at radius 1 is 1.28 bits per heavy atom. The first kappa shape index (κ1) is 18.1. The summed E-state index contributed by atoms with van der Waals surface area (Å²) in [4.78, 5) is 30.8. The van der Waals surface area contributed by atoms with Gasteiger partial charge in [-0.15, -0.1) is 11.3 Å². The molecule has 7 nitrogen and oxygen atoms in total. The molecule has 25 heavy (non-hydrogen) atoms. The minimum absolute atomic E-state index is 0.0603. The van der Waals surface area contributed by atoms with Crippen LogP contribution in [-0.2, 0) is 17.6 Å². The number of aliphatic carboxylic acids is 1. The van der Waals surface area contributed by atoms with Crippen LogP contribution in [0.4, 0.5) is 9.93 Å². The fraction of sp³-hybridized carbons (Fsp3) is 0.706. The van der Waals surface area contributed by atoms with Gasteiger partial charge in [-0.3, -0.25) is 15.0 Å². The fourth-order valence-electron chi connectivity index (χ4n) is 3.58. The summed E-state index contributed by atoms with van der Waals surface area (Å²) in [7, 11) is 0. The summed E-state index contributed by atoms with van der Waals surface area (Å²) in [5.74, 6) is -0.806. The summed E-state index contributed by atoms with van der Waals surface area (Å²) in [6.45, 7) is 2.73. The zero-order valence-electron chi connectivity index (χ0n) is 14.6. The number of carboxylic acid groups (broad SMARTS) is 1. The largest absolute Gasteiger partial charge is 0.480 e. The molecule has 1 aromatic heterocycles. The van der Waals surface area contributed by atoms with E-state index in [-0.39, 0.29) is 24.7 Å². The number of nitrogens with zero attached hydrogens (tertiary/aromatic N) is 2. The quantitative estimate of drug-likeness (QED) is 0.672. The lowest BCUT2D eigenvalue weighted by atomic mass is 9.85. The van der Waals surface area contributed by atoms with E-state index < -0.39 is 5.97 Å². The number of carbonyl (C=O) groups excluding carboxylic acids is 1. The van der Waals surface area contributed by atoms with Crippen LogP contribution in [0, 0.1) is 0 Å². The Kier molecular flexibility index (Phi) is 5.90. The predicted molar refractivity (Wildman–Crippen MR) is 97.2 cm³/mol. The van der Waals surface area contributed by atoms with E-state index in [0.29, 0.717) is 11.7 Å². The molecule has 1 heterocycles. The summed E-state index contributed by atoms with van der Waals surface area (Å²) in [5, 5.41) is 15.4. The third-order valence-corrected chi connectivity index (χ3v) is 6.10. The van der Waals surface area contributed by atoms with Gasteiger partial charge in [-0.25, -0.2) is 9.78 Å². The summed E-state index contributed by atoms with van der Waals surface area (Å²) in [6.07, 6.45) is 7.30. The van der Waals surface area contributed by atoms with E-state index in [4.69, 9.17) is 5.11 Å². The second kappa shape index (κ2) is 8.14. The van der Waals surface area contributed by atoms with Crippen molar-refractivity contribution in [2.45, 2.75) is 64.0 Å². The van der Waals surface area contributed by atoms with Crippen LogP contribution in [0.2, 0.25) is 0 Å². The molecule has 0 spiro atoms. The van der Waals surface area contributed by atoms with Gasteiger partial charge in [0.05, 0.1) is 12.2 Å². The first-order valence-electron chi connectivity index (χ1n) is 9.07. The first-order valence-corrected chi connectivity index (χ1v) is 9.88. The van der Waals surface area contributed by atoms with Crippen LogP contribution in [0.15, 0.2) is 0 Å². The molecule has 0 aromatic carbocycles. The molecule has 1 aromatic rings. The fourth-order valence-corrected chi connectivity index (χ4v) is 4.62. The van der Waals surface area contributed by atoms with Crippen LogP contribution in [0.3, 0.4) is 0 Å². The molecule has 1 saturated carbocycles. The van der Waals surface area contributed by atoms with Crippen molar-refractivity contribution in [2.24, 2.45) is 0 Å². The SMILES string of the molecule is CCN(CC(=O)O)C1CC(NC(=O)Nc2nc3c(s2)CCCCC3)C1. The van der Waals surface area contributed by atoms with Crippen molar-refractivity contribution in [3.05, 3.63) is 10.6 Å². The molecule has 138 valence electrons. The van der Waals surface area contributed by atoms with Gasteiger partial charge in [-0.1, -0.05) is 13.3 Å². The maximum atomic E-state index is 12.2. The predicted octanol–water partition coefficient (Wildman–Crippen LogP) is 2.47. The van der Waals surface area contributed by atoms with Crippen molar-refractivity contribution < 1.29 is 14.7 Å². The molecule has 0 unspecified atom stereocenters. The highest BCUT2D eigenvalue weighted by molar-refractivity contribution is 7.15. The third kappa shape index (κ3) is 4.70. The lowest BCUT2D eigenvalue weighted by Crippen LogP contribution is -2.55. The normalized spacial score (nSPS) is 22.6. The second-order valence-corrected chi connectivity index (χ2v) is 7.91. The van der Waals surface area contributed by atoms with Gasteiger partial charge in [0.2, 0.25) is 0 Å². The molecule has 0 radical (unpaired) electrons. The topological polar surface area (TPSA) is 94.6 Å². The van der Waals surface area contributed by atoms with Crippen LogP contribution in [0.5, 0.6) is 0 Å². The van der Waals surface area contributed by atoms with E-state index in [9.17, 15) is 9.59 Å². The van der Waals surface area contributed by atoms with Crippen molar-refractivity contribution in [1.82, 2.24) is 15.2 Å². The number of hydrogen-bond donors (Lipinski definition) is 3. The minimum Gasteiger partial charge on any atom is -0.480 e. The van der Waals surface area contributed by atoms with Gasteiger partial charge in [-0.2, -0.15) is 0 Å². The van der Waals surface area contributed by atoms with Crippen LogP contribution in [0.25, 0.3) is 0 Å². The highest BCUT2D eigenvalue weighted by Crippen LogP contribution is 2.29. The third-order valence-electron chi connectivity index (χ3n) is 5.03. The lowest BCUT2D eigenvalue weighted by molar-refractivity contribution is -0.139. The highest BCUT2D eigenvalue weighted by atomic mass is 32.1. The van der Waals surface area contributed by atoms with E-state index in [1.54, 1.807) is 11.3 Å². The van der Waals surface area contributed by atoms with Crippen LogP contribution < -0.4 is 10.6 Å². The van der Waals surface area contributed by atoms with Gasteiger partial charge in [0, 0.05) is 17.0 Å². The van der Waals surface area contributed by atoms with Gasteiger partial charge >= 0.3 is 12.0 Å². The molecule has 3 N–H and O–H groups in total. The van der Waals surface area contributed by atoms with Crippen LogP contribution in [-0.4, -0.2) is 52.2 Å². The maximum Gasteiger partial charge on any atom is 0.321 e. The van der Waals surface area contributed by atoms with E-state index >= 15 is 0 Å². The zero-order chi connectivity index (χ0) is 17.8.